The monoisotopic (exact) mass is 418 g/mol. The first-order chi connectivity index (χ1) is 15.0. The van der Waals surface area contributed by atoms with Crippen molar-refractivity contribution in [3.05, 3.63) is 71.0 Å². The average Bonchev–Trinajstić information content (AvgIpc) is 3.11. The molecule has 0 unspecified atom stereocenters. The van der Waals surface area contributed by atoms with E-state index in [0.29, 0.717) is 12.2 Å². The second kappa shape index (κ2) is 8.78. The van der Waals surface area contributed by atoms with E-state index in [1.54, 1.807) is 13.3 Å². The summed E-state index contributed by atoms with van der Waals surface area (Å²) in [5.41, 5.74) is 5.08. The third-order valence-electron chi connectivity index (χ3n) is 5.19. The number of aromatic nitrogens is 2. The Morgan fingerprint density at radius 2 is 1.90 bits per heavy atom. The number of fused-ring (bicyclic) bond motifs is 3. The fraction of sp³-hybridized carbons (Fsp3) is 0.280. The molecule has 0 spiro atoms. The molecular formula is C25H26N2O4. The molecule has 4 aromatic rings. The van der Waals surface area contributed by atoms with E-state index in [9.17, 15) is 4.79 Å². The number of aromatic amines is 1. The van der Waals surface area contributed by atoms with Crippen LogP contribution in [0.1, 0.15) is 41.0 Å². The molecule has 0 bridgehead atoms. The third-order valence-corrected chi connectivity index (χ3v) is 5.19. The van der Waals surface area contributed by atoms with Crippen molar-refractivity contribution < 1.29 is 19.0 Å². The highest BCUT2D eigenvalue weighted by atomic mass is 16.5. The molecule has 4 rings (SSSR count). The molecule has 0 radical (unpaired) electrons. The predicted molar refractivity (Wildman–Crippen MR) is 120 cm³/mol. The molecule has 0 aliphatic rings. The van der Waals surface area contributed by atoms with Crippen LogP contribution in [0.25, 0.3) is 21.8 Å². The van der Waals surface area contributed by atoms with Crippen molar-refractivity contribution in [3.8, 4) is 5.75 Å². The molecule has 2 aromatic carbocycles. The van der Waals surface area contributed by atoms with Gasteiger partial charge in [-0.25, -0.2) is 9.78 Å². The lowest BCUT2D eigenvalue weighted by atomic mass is 10.1. The van der Waals surface area contributed by atoms with Gasteiger partial charge in [-0.05, 0) is 50.1 Å². The average molecular weight is 418 g/mol. The van der Waals surface area contributed by atoms with E-state index < -0.39 is 5.97 Å². The second-order valence-corrected chi connectivity index (χ2v) is 7.81. The van der Waals surface area contributed by atoms with Crippen LogP contribution >= 0.6 is 0 Å². The molecule has 6 nitrogen and oxygen atoms in total. The first kappa shape index (κ1) is 20.9. The maximum Gasteiger partial charge on any atom is 0.357 e. The number of esters is 1. The number of hydrogen-bond donors (Lipinski definition) is 1. The van der Waals surface area contributed by atoms with Crippen LogP contribution in [0.4, 0.5) is 0 Å². The Morgan fingerprint density at radius 1 is 1.10 bits per heavy atom. The number of nitrogens with one attached hydrogen (secondary N) is 1. The van der Waals surface area contributed by atoms with E-state index >= 15 is 0 Å². The Labute approximate surface area is 181 Å². The molecular weight excluding hydrogens is 392 g/mol. The van der Waals surface area contributed by atoms with Gasteiger partial charge in [-0.15, -0.1) is 0 Å². The van der Waals surface area contributed by atoms with E-state index in [-0.39, 0.29) is 18.4 Å². The number of methoxy groups -OCH3 is 1. The van der Waals surface area contributed by atoms with Crippen molar-refractivity contribution in [2.75, 3.05) is 7.11 Å². The lowest BCUT2D eigenvalue weighted by molar-refractivity contribution is 0.0366. The summed E-state index contributed by atoms with van der Waals surface area (Å²) in [4.78, 5) is 20.4. The molecule has 0 aliphatic carbocycles. The molecule has 0 saturated carbocycles. The summed E-state index contributed by atoms with van der Waals surface area (Å²) >= 11 is 0. The van der Waals surface area contributed by atoms with Crippen LogP contribution in [-0.2, 0) is 22.7 Å². The quantitative estimate of drug-likeness (QED) is 0.412. The third kappa shape index (κ3) is 4.25. The van der Waals surface area contributed by atoms with Gasteiger partial charge in [0.15, 0.2) is 5.69 Å². The van der Waals surface area contributed by atoms with Crippen LogP contribution in [-0.4, -0.2) is 29.2 Å². The molecule has 0 saturated heterocycles. The zero-order chi connectivity index (χ0) is 22.0. The molecule has 6 heteroatoms. The van der Waals surface area contributed by atoms with E-state index in [1.165, 1.54) is 5.56 Å². The fourth-order valence-electron chi connectivity index (χ4n) is 3.69. The lowest BCUT2D eigenvalue weighted by Crippen LogP contribution is -2.15. The van der Waals surface area contributed by atoms with Crippen molar-refractivity contribution in [3.63, 3.8) is 0 Å². The Balaban J connectivity index is 1.77. The number of benzene rings is 2. The molecule has 0 atom stereocenters. The van der Waals surface area contributed by atoms with Gasteiger partial charge >= 0.3 is 5.97 Å². The van der Waals surface area contributed by atoms with Gasteiger partial charge in [0.2, 0.25) is 0 Å². The summed E-state index contributed by atoms with van der Waals surface area (Å²) in [6.45, 7) is 6.43. The zero-order valence-corrected chi connectivity index (χ0v) is 18.2. The molecule has 0 amide bonds. The minimum Gasteiger partial charge on any atom is -0.489 e. The maximum atomic E-state index is 12.6. The summed E-state index contributed by atoms with van der Waals surface area (Å²) in [6, 6.07) is 14.1. The number of carbonyl (C=O) groups excluding carboxylic acids is 1. The standard InChI is InChI=1S/C25H26N2O4/c1-15(2)31-25(28)24-20(14-29-4)23-19-11-18(9-10-21(19)27-22(23)12-26-24)30-13-17-8-6-5-7-16(17)3/h5-12,15,27H,13-14H2,1-4H3. The highest BCUT2D eigenvalue weighted by Crippen LogP contribution is 2.33. The minimum absolute atomic E-state index is 0.232. The largest absolute Gasteiger partial charge is 0.489 e. The molecule has 31 heavy (non-hydrogen) atoms. The van der Waals surface area contributed by atoms with Crippen LogP contribution in [0.5, 0.6) is 5.75 Å². The van der Waals surface area contributed by atoms with Gasteiger partial charge in [0, 0.05) is 29.0 Å². The number of hydrogen-bond acceptors (Lipinski definition) is 5. The number of H-pyrrole nitrogens is 1. The van der Waals surface area contributed by atoms with Gasteiger partial charge in [-0.2, -0.15) is 0 Å². The lowest BCUT2D eigenvalue weighted by Gasteiger charge is -2.12. The predicted octanol–water partition coefficient (Wildman–Crippen LogP) is 5.32. The summed E-state index contributed by atoms with van der Waals surface area (Å²) < 4.78 is 16.9. The Kier molecular flexibility index (Phi) is 5.91. The number of aryl methyl sites for hydroxylation is 1. The van der Waals surface area contributed by atoms with Crippen LogP contribution in [0, 0.1) is 6.92 Å². The number of carbonyl (C=O) groups is 1. The summed E-state index contributed by atoms with van der Waals surface area (Å²) in [5.74, 6) is 0.299. The Hall–Kier alpha value is -3.38. The summed E-state index contributed by atoms with van der Waals surface area (Å²) in [5, 5.41) is 1.84. The van der Waals surface area contributed by atoms with Crippen molar-refractivity contribution in [1.29, 1.82) is 0 Å². The molecule has 0 fully saturated rings. The van der Waals surface area contributed by atoms with Crippen LogP contribution in [0.3, 0.4) is 0 Å². The smallest absolute Gasteiger partial charge is 0.357 e. The van der Waals surface area contributed by atoms with Gasteiger partial charge in [0.05, 0.1) is 24.4 Å². The van der Waals surface area contributed by atoms with E-state index in [2.05, 4.69) is 29.0 Å². The van der Waals surface area contributed by atoms with Gasteiger partial charge in [-0.1, -0.05) is 24.3 Å². The van der Waals surface area contributed by atoms with Crippen molar-refractivity contribution in [2.45, 2.75) is 40.1 Å². The highest BCUT2D eigenvalue weighted by molar-refractivity contribution is 6.11. The SMILES string of the molecule is COCc1c(C(=O)OC(C)C)ncc2[nH]c3ccc(OCc4ccccc4C)cc3c12. The van der Waals surface area contributed by atoms with Gasteiger partial charge in [0.1, 0.15) is 12.4 Å². The molecule has 2 heterocycles. The molecule has 1 N–H and O–H groups in total. The van der Waals surface area contributed by atoms with Gasteiger partial charge < -0.3 is 19.2 Å². The molecule has 2 aromatic heterocycles. The van der Waals surface area contributed by atoms with Crippen molar-refractivity contribution in [2.24, 2.45) is 0 Å². The van der Waals surface area contributed by atoms with E-state index in [0.717, 1.165) is 33.1 Å². The van der Waals surface area contributed by atoms with Crippen LogP contribution in [0.15, 0.2) is 48.7 Å². The van der Waals surface area contributed by atoms with Gasteiger partial charge in [0.25, 0.3) is 0 Å². The normalized spacial score (nSPS) is 11.4. The number of ether oxygens (including phenoxy) is 3. The Bertz CT molecular complexity index is 1240. The molecule has 0 aliphatic heterocycles. The first-order valence-corrected chi connectivity index (χ1v) is 10.3. The zero-order valence-electron chi connectivity index (χ0n) is 18.2. The van der Waals surface area contributed by atoms with Crippen LogP contribution in [0.2, 0.25) is 0 Å². The number of pyridine rings is 1. The number of nitrogens with zero attached hydrogens (tertiary/aromatic N) is 1. The Morgan fingerprint density at radius 3 is 2.65 bits per heavy atom. The fourth-order valence-corrected chi connectivity index (χ4v) is 3.69. The highest BCUT2D eigenvalue weighted by Gasteiger charge is 2.21. The maximum absolute atomic E-state index is 12.6. The van der Waals surface area contributed by atoms with Crippen molar-refractivity contribution >= 4 is 27.8 Å². The first-order valence-electron chi connectivity index (χ1n) is 10.3. The van der Waals surface area contributed by atoms with Gasteiger partial charge in [-0.3, -0.25) is 0 Å². The molecule has 160 valence electrons. The second-order valence-electron chi connectivity index (χ2n) is 7.81. The van der Waals surface area contributed by atoms with Crippen molar-refractivity contribution in [1.82, 2.24) is 9.97 Å². The van der Waals surface area contributed by atoms with E-state index in [4.69, 9.17) is 14.2 Å². The minimum atomic E-state index is -0.453. The number of rotatable bonds is 7. The topological polar surface area (TPSA) is 73.4 Å². The van der Waals surface area contributed by atoms with E-state index in [1.807, 2.05) is 44.2 Å². The summed E-state index contributed by atoms with van der Waals surface area (Å²) in [6.07, 6.45) is 1.43. The van der Waals surface area contributed by atoms with Crippen LogP contribution < -0.4 is 4.74 Å². The summed E-state index contributed by atoms with van der Waals surface area (Å²) in [7, 11) is 1.60.